The third-order valence-electron chi connectivity index (χ3n) is 7.51. The van der Waals surface area contributed by atoms with Crippen molar-refractivity contribution in [2.45, 2.75) is 72.1 Å². The molecule has 0 spiro atoms. The van der Waals surface area contributed by atoms with Crippen LogP contribution in [0.15, 0.2) is 48.5 Å². The van der Waals surface area contributed by atoms with Crippen LogP contribution < -0.4 is 10.1 Å². The molecule has 1 N–H and O–H groups in total. The Bertz CT molecular complexity index is 1110. The van der Waals surface area contributed by atoms with E-state index in [1.807, 2.05) is 64.0 Å². The van der Waals surface area contributed by atoms with E-state index in [4.69, 9.17) is 9.47 Å². The van der Waals surface area contributed by atoms with Crippen molar-refractivity contribution in [2.75, 3.05) is 27.2 Å². The zero-order valence-corrected chi connectivity index (χ0v) is 24.2. The normalized spacial score (nSPS) is 16.9. The van der Waals surface area contributed by atoms with Gasteiger partial charge in [0.15, 0.2) is 6.23 Å². The number of β-lactam (4-membered cyclic amide) rings is 1. The molecule has 0 unspecified atom stereocenters. The van der Waals surface area contributed by atoms with Gasteiger partial charge in [-0.25, -0.2) is 14.5 Å². The number of hydrogen-bond donors (Lipinski definition) is 1. The molecule has 3 amide bonds. The van der Waals surface area contributed by atoms with Gasteiger partial charge in [0.1, 0.15) is 11.2 Å². The highest BCUT2D eigenvalue weighted by atomic mass is 16.5. The zero-order valence-electron chi connectivity index (χ0n) is 24.2. The van der Waals surface area contributed by atoms with Crippen LogP contribution >= 0.6 is 0 Å². The Morgan fingerprint density at radius 2 is 1.67 bits per heavy atom. The highest BCUT2D eigenvalue weighted by Crippen LogP contribution is 2.46. The van der Waals surface area contributed by atoms with Gasteiger partial charge in [0.25, 0.3) is 0 Å². The predicted octanol–water partition coefficient (Wildman–Crippen LogP) is 5.71. The lowest BCUT2D eigenvalue weighted by atomic mass is 9.72. The van der Waals surface area contributed by atoms with Crippen molar-refractivity contribution in [2.24, 2.45) is 5.41 Å². The van der Waals surface area contributed by atoms with Gasteiger partial charge in [0.05, 0.1) is 18.2 Å². The van der Waals surface area contributed by atoms with E-state index >= 15 is 0 Å². The molecule has 8 nitrogen and oxygen atoms in total. The van der Waals surface area contributed by atoms with Gasteiger partial charge in [-0.1, -0.05) is 57.0 Å². The van der Waals surface area contributed by atoms with E-state index in [9.17, 15) is 14.4 Å². The molecule has 39 heavy (non-hydrogen) atoms. The second-order valence-corrected chi connectivity index (χ2v) is 10.5. The molecular weight excluding hydrogens is 494 g/mol. The summed E-state index contributed by atoms with van der Waals surface area (Å²) in [6.45, 7) is 9.15. The number of hydrogen-bond acceptors (Lipinski definition) is 6. The zero-order chi connectivity index (χ0) is 28.6. The molecule has 1 saturated heterocycles. The lowest BCUT2D eigenvalue weighted by Crippen LogP contribution is -2.73. The summed E-state index contributed by atoms with van der Waals surface area (Å²) in [7, 11) is 3.95. The molecule has 8 heteroatoms. The lowest BCUT2D eigenvalue weighted by Gasteiger charge is -2.53. The number of ether oxygens (including phenoxy) is 2. The summed E-state index contributed by atoms with van der Waals surface area (Å²) in [6, 6.07) is 14.0. The monoisotopic (exact) mass is 537 g/mol. The van der Waals surface area contributed by atoms with Crippen LogP contribution in [0.1, 0.15) is 80.4 Å². The van der Waals surface area contributed by atoms with E-state index in [-0.39, 0.29) is 11.9 Å². The number of esters is 1. The van der Waals surface area contributed by atoms with Gasteiger partial charge < -0.3 is 19.7 Å². The van der Waals surface area contributed by atoms with E-state index in [0.717, 1.165) is 36.9 Å². The number of urea groups is 1. The Hall–Kier alpha value is -3.39. The minimum Gasteiger partial charge on any atom is -0.469 e. The summed E-state index contributed by atoms with van der Waals surface area (Å²) in [5.41, 5.74) is 1.78. The number of nitrogens with one attached hydrogen (secondary N) is 1. The molecule has 1 heterocycles. The number of aryl methyl sites for hydroxylation is 1. The smallest absolute Gasteiger partial charge is 0.338 e. The van der Waals surface area contributed by atoms with Crippen LogP contribution in [0.2, 0.25) is 0 Å². The number of likely N-dealkylation sites (tertiary alicyclic amines) is 1. The Kier molecular flexibility index (Phi) is 10.5. The fourth-order valence-electron chi connectivity index (χ4n) is 4.95. The molecule has 3 rings (SSSR count). The van der Waals surface area contributed by atoms with Crippen LogP contribution in [0.5, 0.6) is 5.75 Å². The molecule has 0 aromatic heterocycles. The van der Waals surface area contributed by atoms with Gasteiger partial charge in [-0.15, -0.1) is 0 Å². The molecule has 212 valence electrons. The first-order valence-corrected chi connectivity index (χ1v) is 14.0. The fraction of sp³-hybridized carbons (Fsp3) is 0.516. The van der Waals surface area contributed by atoms with Gasteiger partial charge in [-0.2, -0.15) is 0 Å². The standard InChI is InChI=1S/C31H43N3O5/c1-7-11-26(23-14-12-22(4)13-15-23)32-30(37)34-28(36)31(8-2,9-3)29(34)39-25-18-16-24(17-19-25)27(35)38-21-10-20-33(5)6/h12-19,26,29H,7-11,20-21H2,1-6H3,(H,32,37)/t26-,29+/m1/s1. The molecule has 1 aliphatic rings. The Morgan fingerprint density at radius 3 is 2.23 bits per heavy atom. The topological polar surface area (TPSA) is 88.2 Å². The number of benzene rings is 2. The maximum Gasteiger partial charge on any atom is 0.338 e. The van der Waals surface area contributed by atoms with E-state index < -0.39 is 23.6 Å². The highest BCUT2D eigenvalue weighted by molar-refractivity contribution is 6.03. The summed E-state index contributed by atoms with van der Waals surface area (Å²) in [4.78, 5) is 42.4. The summed E-state index contributed by atoms with van der Waals surface area (Å²) in [5.74, 6) is -0.147. The molecule has 0 saturated carbocycles. The number of carbonyl (C=O) groups is 3. The summed E-state index contributed by atoms with van der Waals surface area (Å²) in [6.07, 6.45) is 2.73. The van der Waals surface area contributed by atoms with Gasteiger partial charge in [-0.3, -0.25) is 4.79 Å². The van der Waals surface area contributed by atoms with Crippen molar-refractivity contribution >= 4 is 17.9 Å². The van der Waals surface area contributed by atoms with Crippen molar-refractivity contribution in [3.05, 3.63) is 65.2 Å². The second kappa shape index (κ2) is 13.6. The maximum absolute atomic E-state index is 13.4. The SMILES string of the molecule is CCC[C@@H](NC(=O)N1C(=O)C(CC)(CC)[C@@H]1Oc1ccc(C(=O)OCCCN(C)C)cc1)c1ccc(C)cc1. The number of nitrogens with zero attached hydrogens (tertiary/aromatic N) is 2. The number of carbonyl (C=O) groups excluding carboxylic acids is 3. The van der Waals surface area contributed by atoms with Crippen molar-refractivity contribution in [3.8, 4) is 5.75 Å². The largest absolute Gasteiger partial charge is 0.469 e. The number of amides is 3. The van der Waals surface area contributed by atoms with Gasteiger partial charge in [0, 0.05) is 6.54 Å². The molecule has 0 bridgehead atoms. The van der Waals surface area contributed by atoms with Crippen molar-refractivity contribution in [1.82, 2.24) is 15.1 Å². The minimum atomic E-state index is -0.786. The third-order valence-corrected chi connectivity index (χ3v) is 7.51. The number of imide groups is 1. The molecule has 2 aromatic carbocycles. The van der Waals surface area contributed by atoms with Crippen LogP contribution in [0, 0.1) is 12.3 Å². The molecular formula is C31H43N3O5. The second-order valence-electron chi connectivity index (χ2n) is 10.5. The van der Waals surface area contributed by atoms with Crippen molar-refractivity contribution in [3.63, 3.8) is 0 Å². The predicted molar refractivity (Wildman–Crippen MR) is 152 cm³/mol. The Balaban J connectivity index is 1.72. The Labute approximate surface area is 232 Å². The molecule has 1 aliphatic heterocycles. The van der Waals surface area contributed by atoms with E-state index in [1.54, 1.807) is 24.3 Å². The van der Waals surface area contributed by atoms with E-state index in [0.29, 0.717) is 30.8 Å². The average molecular weight is 538 g/mol. The molecule has 2 aromatic rings. The van der Waals surface area contributed by atoms with Crippen LogP contribution in [0.4, 0.5) is 4.79 Å². The van der Waals surface area contributed by atoms with E-state index in [2.05, 4.69) is 12.2 Å². The van der Waals surface area contributed by atoms with Gasteiger partial charge in [0.2, 0.25) is 5.91 Å². The molecule has 2 atom stereocenters. The maximum atomic E-state index is 13.4. The fourth-order valence-corrected chi connectivity index (χ4v) is 4.95. The van der Waals surface area contributed by atoms with Gasteiger partial charge >= 0.3 is 12.0 Å². The van der Waals surface area contributed by atoms with Crippen LogP contribution in [0.25, 0.3) is 0 Å². The van der Waals surface area contributed by atoms with Crippen molar-refractivity contribution < 1.29 is 23.9 Å². The summed E-state index contributed by atoms with van der Waals surface area (Å²) in [5, 5.41) is 3.07. The van der Waals surface area contributed by atoms with E-state index in [1.165, 1.54) is 4.90 Å². The quantitative estimate of drug-likeness (QED) is 0.200. The summed E-state index contributed by atoms with van der Waals surface area (Å²) < 4.78 is 11.6. The molecule has 0 aliphatic carbocycles. The van der Waals surface area contributed by atoms with Gasteiger partial charge in [-0.05, 0) is 76.5 Å². The van der Waals surface area contributed by atoms with Crippen molar-refractivity contribution in [1.29, 1.82) is 0 Å². The highest BCUT2D eigenvalue weighted by Gasteiger charge is 2.63. The lowest BCUT2D eigenvalue weighted by molar-refractivity contribution is -0.191. The summed E-state index contributed by atoms with van der Waals surface area (Å²) >= 11 is 0. The van der Waals surface area contributed by atoms with Crippen LogP contribution in [-0.4, -0.2) is 61.2 Å². The van der Waals surface area contributed by atoms with Crippen LogP contribution in [0.3, 0.4) is 0 Å². The molecule has 0 radical (unpaired) electrons. The molecule has 1 fully saturated rings. The first-order chi connectivity index (χ1) is 18.7. The third kappa shape index (κ3) is 6.98. The van der Waals surface area contributed by atoms with Crippen LogP contribution in [-0.2, 0) is 9.53 Å². The first kappa shape index (κ1) is 30.2. The average Bonchev–Trinajstić information content (AvgIpc) is 2.92. The Morgan fingerprint density at radius 1 is 1.03 bits per heavy atom. The number of rotatable bonds is 13. The first-order valence-electron chi connectivity index (χ1n) is 14.0. The minimum absolute atomic E-state index is 0.210.